The lowest BCUT2D eigenvalue weighted by Crippen LogP contribution is -2.16. The topological polar surface area (TPSA) is 64.4 Å². The van der Waals surface area contributed by atoms with Crippen LogP contribution in [0, 0.1) is 22.0 Å². The summed E-state index contributed by atoms with van der Waals surface area (Å²) < 4.78 is 5.35. The zero-order valence-corrected chi connectivity index (χ0v) is 12.0. The molecule has 0 amide bonds. The molecule has 1 rings (SSSR count). The van der Waals surface area contributed by atoms with Crippen LogP contribution in [0.2, 0.25) is 0 Å². The molecule has 0 aromatic heterocycles. The third-order valence-corrected chi connectivity index (χ3v) is 3.18. The van der Waals surface area contributed by atoms with Gasteiger partial charge in [0.1, 0.15) is 5.75 Å². The van der Waals surface area contributed by atoms with Crippen LogP contribution in [0.25, 0.3) is 0 Å². The van der Waals surface area contributed by atoms with Gasteiger partial charge in [-0.15, -0.1) is 0 Å². The third-order valence-electron chi connectivity index (χ3n) is 3.18. The predicted octanol–water partition coefficient (Wildman–Crippen LogP) is 3.70. The first-order valence-corrected chi connectivity index (χ1v) is 6.60. The molecule has 0 bridgehead atoms. The maximum Gasteiger partial charge on any atom is 0.275 e. The molecule has 1 aromatic carbocycles. The molecular formula is C14H22N2O3. The molecule has 1 aromatic rings. The summed E-state index contributed by atoms with van der Waals surface area (Å²) in [6.45, 7) is 9.59. The van der Waals surface area contributed by atoms with E-state index in [2.05, 4.69) is 26.1 Å². The second-order valence-corrected chi connectivity index (χ2v) is 5.01. The number of ether oxygens (including phenoxy) is 1. The second-order valence-electron chi connectivity index (χ2n) is 5.01. The van der Waals surface area contributed by atoms with E-state index in [4.69, 9.17) is 4.74 Å². The summed E-state index contributed by atoms with van der Waals surface area (Å²) in [7, 11) is 0. The Labute approximate surface area is 114 Å². The van der Waals surface area contributed by atoms with Gasteiger partial charge in [0, 0.05) is 24.4 Å². The molecule has 0 aliphatic heterocycles. The summed E-state index contributed by atoms with van der Waals surface area (Å²) >= 11 is 0. The molecule has 1 unspecified atom stereocenters. The van der Waals surface area contributed by atoms with Crippen molar-refractivity contribution >= 4 is 11.4 Å². The molecule has 0 radical (unpaired) electrons. The molecule has 5 heteroatoms. The second kappa shape index (κ2) is 6.97. The van der Waals surface area contributed by atoms with Gasteiger partial charge in [-0.05, 0) is 18.8 Å². The molecule has 1 N–H and O–H groups in total. The van der Waals surface area contributed by atoms with Gasteiger partial charge in [-0.2, -0.15) is 0 Å². The van der Waals surface area contributed by atoms with Crippen LogP contribution in [-0.4, -0.2) is 18.1 Å². The fraction of sp³-hybridized carbons (Fsp3) is 0.571. The van der Waals surface area contributed by atoms with E-state index in [9.17, 15) is 10.1 Å². The summed E-state index contributed by atoms with van der Waals surface area (Å²) in [5.41, 5.74) is 0.774. The lowest BCUT2D eigenvalue weighted by Gasteiger charge is -2.17. The van der Waals surface area contributed by atoms with E-state index in [1.54, 1.807) is 6.07 Å². The van der Waals surface area contributed by atoms with E-state index in [1.165, 1.54) is 12.1 Å². The molecule has 0 fully saturated rings. The van der Waals surface area contributed by atoms with Gasteiger partial charge in [0.25, 0.3) is 5.69 Å². The minimum Gasteiger partial charge on any atom is -0.494 e. The molecule has 0 heterocycles. The van der Waals surface area contributed by atoms with E-state index >= 15 is 0 Å². The van der Waals surface area contributed by atoms with Crippen LogP contribution in [0.5, 0.6) is 5.75 Å². The average molecular weight is 266 g/mol. The highest BCUT2D eigenvalue weighted by Crippen LogP contribution is 2.26. The van der Waals surface area contributed by atoms with Crippen LogP contribution in [-0.2, 0) is 0 Å². The number of anilines is 1. The van der Waals surface area contributed by atoms with Crippen molar-refractivity contribution in [2.45, 2.75) is 27.7 Å². The number of hydrogen-bond acceptors (Lipinski definition) is 4. The highest BCUT2D eigenvalue weighted by Gasteiger charge is 2.12. The molecule has 5 nitrogen and oxygen atoms in total. The normalized spacial score (nSPS) is 12.3. The summed E-state index contributed by atoms with van der Waals surface area (Å²) in [5, 5.41) is 14.1. The van der Waals surface area contributed by atoms with Gasteiger partial charge in [-0.25, -0.2) is 0 Å². The number of rotatable bonds is 7. The molecule has 0 saturated heterocycles. The van der Waals surface area contributed by atoms with E-state index in [1.807, 2.05) is 6.92 Å². The van der Waals surface area contributed by atoms with Crippen LogP contribution < -0.4 is 10.1 Å². The number of benzene rings is 1. The number of hydrogen-bond donors (Lipinski definition) is 1. The van der Waals surface area contributed by atoms with Crippen LogP contribution in [0.4, 0.5) is 11.4 Å². The molecular weight excluding hydrogens is 244 g/mol. The number of non-ortho nitro benzene ring substituents is 1. The molecule has 19 heavy (non-hydrogen) atoms. The van der Waals surface area contributed by atoms with Crippen molar-refractivity contribution in [1.29, 1.82) is 0 Å². The Bertz CT molecular complexity index is 433. The number of nitro groups is 1. The minimum absolute atomic E-state index is 0.0469. The Balaban J connectivity index is 2.84. The standard InChI is InChI=1S/C14H22N2O3/c1-5-19-14-7-12(6-13(8-14)16(17)18)15-9-11(4)10(2)3/h6-8,10-11,15H,5,9H2,1-4H3. The SMILES string of the molecule is CCOc1cc(NCC(C)C(C)C)cc([N+](=O)[O-])c1. The molecule has 0 saturated carbocycles. The van der Waals surface area contributed by atoms with Crippen LogP contribution in [0.1, 0.15) is 27.7 Å². The van der Waals surface area contributed by atoms with Gasteiger partial charge in [0.15, 0.2) is 0 Å². The largest absolute Gasteiger partial charge is 0.494 e. The van der Waals surface area contributed by atoms with Crippen molar-refractivity contribution in [3.63, 3.8) is 0 Å². The van der Waals surface area contributed by atoms with Crippen molar-refractivity contribution in [3.05, 3.63) is 28.3 Å². The van der Waals surface area contributed by atoms with Crippen LogP contribution >= 0.6 is 0 Å². The monoisotopic (exact) mass is 266 g/mol. The zero-order valence-electron chi connectivity index (χ0n) is 12.0. The van der Waals surface area contributed by atoms with Crippen LogP contribution in [0.3, 0.4) is 0 Å². The minimum atomic E-state index is -0.403. The molecule has 0 spiro atoms. The smallest absolute Gasteiger partial charge is 0.275 e. The third kappa shape index (κ3) is 4.77. The molecule has 0 aliphatic rings. The van der Waals surface area contributed by atoms with Crippen LogP contribution in [0.15, 0.2) is 18.2 Å². The summed E-state index contributed by atoms with van der Waals surface area (Å²) in [6.07, 6.45) is 0. The Kier molecular flexibility index (Phi) is 5.60. The van der Waals surface area contributed by atoms with E-state index in [0.717, 1.165) is 12.2 Å². The number of nitrogens with one attached hydrogen (secondary N) is 1. The fourth-order valence-electron chi connectivity index (χ4n) is 1.56. The van der Waals surface area contributed by atoms with Crippen molar-refractivity contribution < 1.29 is 9.66 Å². The van der Waals surface area contributed by atoms with E-state index < -0.39 is 4.92 Å². The maximum absolute atomic E-state index is 10.9. The van der Waals surface area contributed by atoms with Crippen molar-refractivity contribution in [2.24, 2.45) is 11.8 Å². The maximum atomic E-state index is 10.9. The average Bonchev–Trinajstić information content (AvgIpc) is 2.35. The van der Waals surface area contributed by atoms with Gasteiger partial charge >= 0.3 is 0 Å². The molecule has 0 aliphatic carbocycles. The Morgan fingerprint density at radius 3 is 2.53 bits per heavy atom. The summed E-state index contributed by atoms with van der Waals surface area (Å²) in [5.74, 6) is 1.59. The van der Waals surface area contributed by atoms with E-state index in [-0.39, 0.29) is 5.69 Å². The first-order valence-electron chi connectivity index (χ1n) is 6.60. The lowest BCUT2D eigenvalue weighted by molar-refractivity contribution is -0.384. The van der Waals surface area contributed by atoms with Gasteiger partial charge < -0.3 is 10.1 Å². The first-order chi connectivity index (χ1) is 8.93. The zero-order chi connectivity index (χ0) is 14.4. The van der Waals surface area contributed by atoms with Gasteiger partial charge in [-0.1, -0.05) is 20.8 Å². The lowest BCUT2D eigenvalue weighted by atomic mass is 9.98. The fourth-order valence-corrected chi connectivity index (χ4v) is 1.56. The summed E-state index contributed by atoms with van der Waals surface area (Å²) in [4.78, 5) is 10.5. The van der Waals surface area contributed by atoms with Gasteiger partial charge in [-0.3, -0.25) is 10.1 Å². The van der Waals surface area contributed by atoms with Gasteiger partial charge in [0.2, 0.25) is 0 Å². The molecule has 1 atom stereocenters. The highest BCUT2D eigenvalue weighted by atomic mass is 16.6. The van der Waals surface area contributed by atoms with E-state index in [0.29, 0.717) is 24.2 Å². The Morgan fingerprint density at radius 1 is 1.32 bits per heavy atom. The van der Waals surface area contributed by atoms with Gasteiger partial charge in [0.05, 0.1) is 17.6 Å². The van der Waals surface area contributed by atoms with Crippen molar-refractivity contribution in [1.82, 2.24) is 0 Å². The predicted molar refractivity (Wildman–Crippen MR) is 76.8 cm³/mol. The quantitative estimate of drug-likeness (QED) is 0.603. The van der Waals surface area contributed by atoms with Crippen molar-refractivity contribution in [2.75, 3.05) is 18.5 Å². The Morgan fingerprint density at radius 2 is 2.00 bits per heavy atom. The highest BCUT2D eigenvalue weighted by molar-refractivity contribution is 5.56. The first kappa shape index (κ1) is 15.3. The Hall–Kier alpha value is -1.78. The number of nitrogens with zero attached hydrogens (tertiary/aromatic N) is 1. The molecule has 106 valence electrons. The van der Waals surface area contributed by atoms with Crippen molar-refractivity contribution in [3.8, 4) is 5.75 Å². The summed E-state index contributed by atoms with van der Waals surface area (Å²) in [6, 6.07) is 4.78. The number of nitro benzene ring substituents is 1.